The molecule has 5 heteroatoms. The molecule has 114 valence electrons. The zero-order chi connectivity index (χ0) is 15.8. The van der Waals surface area contributed by atoms with Crippen molar-refractivity contribution in [2.75, 3.05) is 12.3 Å². The van der Waals surface area contributed by atoms with Gasteiger partial charge in [-0.2, -0.15) is 0 Å². The summed E-state index contributed by atoms with van der Waals surface area (Å²) in [4.78, 5) is 12.9. The lowest BCUT2D eigenvalue weighted by atomic mass is 9.81. The molecule has 4 nitrogen and oxygen atoms in total. The van der Waals surface area contributed by atoms with E-state index in [-0.39, 0.29) is 11.5 Å². The number of halogens is 1. The summed E-state index contributed by atoms with van der Waals surface area (Å²) in [5.41, 5.74) is 8.78. The molecule has 0 fully saturated rings. The first-order chi connectivity index (χ1) is 9.70. The van der Waals surface area contributed by atoms with Gasteiger partial charge in [0.2, 0.25) is 0 Å². The summed E-state index contributed by atoms with van der Waals surface area (Å²) < 4.78 is 0.944. The molecule has 21 heavy (non-hydrogen) atoms. The van der Waals surface area contributed by atoms with Crippen molar-refractivity contribution < 1.29 is 9.90 Å². The minimum absolute atomic E-state index is 0.151. The van der Waals surface area contributed by atoms with E-state index in [0.717, 1.165) is 15.6 Å². The van der Waals surface area contributed by atoms with Crippen LogP contribution in [0.4, 0.5) is 10.5 Å². The zero-order valence-electron chi connectivity index (χ0n) is 12.6. The summed E-state index contributed by atoms with van der Waals surface area (Å²) in [5.74, 6) is 0. The third-order valence-electron chi connectivity index (χ3n) is 3.81. The van der Waals surface area contributed by atoms with Crippen LogP contribution in [0.1, 0.15) is 32.8 Å². The van der Waals surface area contributed by atoms with E-state index in [0.29, 0.717) is 18.7 Å². The molecule has 1 atom stereocenters. The molecule has 3 N–H and O–H groups in total. The van der Waals surface area contributed by atoms with Crippen LogP contribution < -0.4 is 5.73 Å². The van der Waals surface area contributed by atoms with Crippen molar-refractivity contribution in [3.63, 3.8) is 0 Å². The maximum Gasteiger partial charge on any atom is 0.407 e. The Balaban J connectivity index is 2.43. The minimum atomic E-state index is -0.867. The van der Waals surface area contributed by atoms with Gasteiger partial charge in [-0.3, -0.25) is 0 Å². The topological polar surface area (TPSA) is 66.6 Å². The van der Waals surface area contributed by atoms with E-state index in [2.05, 4.69) is 42.8 Å². The van der Waals surface area contributed by atoms with Crippen molar-refractivity contribution in [3.05, 3.63) is 34.3 Å². The Morgan fingerprint density at radius 2 is 2.10 bits per heavy atom. The highest BCUT2D eigenvalue weighted by atomic mass is 79.9. The molecule has 0 spiro atoms. The molecule has 1 heterocycles. The molecule has 0 saturated heterocycles. The molecule has 1 aromatic rings. The van der Waals surface area contributed by atoms with Crippen molar-refractivity contribution >= 4 is 33.3 Å². The van der Waals surface area contributed by atoms with Crippen LogP contribution in [0.25, 0.3) is 5.57 Å². The number of amides is 1. The van der Waals surface area contributed by atoms with Gasteiger partial charge in [0.1, 0.15) is 0 Å². The van der Waals surface area contributed by atoms with Crippen LogP contribution in [0, 0.1) is 5.41 Å². The van der Waals surface area contributed by atoms with Gasteiger partial charge in [0.05, 0.1) is 6.04 Å². The number of nitrogens with zero attached hydrogens (tertiary/aromatic N) is 1. The van der Waals surface area contributed by atoms with Gasteiger partial charge in [0.25, 0.3) is 0 Å². The van der Waals surface area contributed by atoms with Gasteiger partial charge in [-0.05, 0) is 29.5 Å². The lowest BCUT2D eigenvalue weighted by molar-refractivity contribution is 0.100. The van der Waals surface area contributed by atoms with Crippen molar-refractivity contribution in [1.82, 2.24) is 4.90 Å². The molecule has 1 amide bonds. The van der Waals surface area contributed by atoms with E-state index >= 15 is 0 Å². The Labute approximate surface area is 133 Å². The highest BCUT2D eigenvalue weighted by Crippen LogP contribution is 2.36. The van der Waals surface area contributed by atoms with Gasteiger partial charge in [-0.15, -0.1) is 0 Å². The fourth-order valence-electron chi connectivity index (χ4n) is 2.73. The maximum atomic E-state index is 11.4. The van der Waals surface area contributed by atoms with E-state index < -0.39 is 6.09 Å². The monoisotopic (exact) mass is 352 g/mol. The van der Waals surface area contributed by atoms with Crippen molar-refractivity contribution in [1.29, 1.82) is 0 Å². The first-order valence-electron chi connectivity index (χ1n) is 6.96. The second kappa shape index (κ2) is 5.72. The molecule has 2 rings (SSSR count). The van der Waals surface area contributed by atoms with Crippen LogP contribution in [0.2, 0.25) is 0 Å². The largest absolute Gasteiger partial charge is 0.465 e. The molecule has 1 aromatic carbocycles. The Morgan fingerprint density at radius 3 is 2.62 bits per heavy atom. The van der Waals surface area contributed by atoms with Crippen molar-refractivity contribution in [2.45, 2.75) is 33.2 Å². The molecular formula is C16H21BrN2O2. The molecule has 0 aromatic heterocycles. The van der Waals surface area contributed by atoms with Crippen LogP contribution in [0.15, 0.2) is 28.7 Å². The predicted octanol–water partition coefficient (Wildman–Crippen LogP) is 4.21. The molecule has 1 aliphatic rings. The van der Waals surface area contributed by atoms with E-state index in [9.17, 15) is 9.90 Å². The van der Waals surface area contributed by atoms with Gasteiger partial charge in [-0.1, -0.05) is 48.8 Å². The van der Waals surface area contributed by atoms with Crippen LogP contribution in [-0.4, -0.2) is 28.7 Å². The predicted molar refractivity (Wildman–Crippen MR) is 89.1 cm³/mol. The van der Waals surface area contributed by atoms with Crippen LogP contribution in [0.3, 0.4) is 0 Å². The van der Waals surface area contributed by atoms with Gasteiger partial charge in [0.15, 0.2) is 0 Å². The summed E-state index contributed by atoms with van der Waals surface area (Å²) in [6, 6.07) is 5.68. The lowest BCUT2D eigenvalue weighted by Crippen LogP contribution is -2.48. The molecule has 1 unspecified atom stereocenters. The third kappa shape index (κ3) is 3.40. The number of hydrogen-bond donors (Lipinski definition) is 2. The summed E-state index contributed by atoms with van der Waals surface area (Å²) in [6.07, 6.45) is 1.87. The zero-order valence-corrected chi connectivity index (χ0v) is 14.1. The SMILES string of the molecule is CC(C)(C)C1C=C(c2ccc(Br)cc2N)CCN1C(=O)O. The number of carboxylic acid groups (broad SMARTS) is 1. The van der Waals surface area contributed by atoms with Crippen LogP contribution >= 0.6 is 15.9 Å². The summed E-state index contributed by atoms with van der Waals surface area (Å²) >= 11 is 3.41. The second-order valence-electron chi connectivity index (χ2n) is 6.46. The van der Waals surface area contributed by atoms with Gasteiger partial charge < -0.3 is 15.7 Å². The number of anilines is 1. The molecule has 0 radical (unpaired) electrons. The number of nitrogen functional groups attached to an aromatic ring is 1. The summed E-state index contributed by atoms with van der Waals surface area (Å²) in [7, 11) is 0. The number of carbonyl (C=O) groups is 1. The number of benzene rings is 1. The van der Waals surface area contributed by atoms with Crippen molar-refractivity contribution in [3.8, 4) is 0 Å². The molecule has 0 aliphatic carbocycles. The Bertz CT molecular complexity index is 590. The molecular weight excluding hydrogens is 332 g/mol. The summed E-state index contributed by atoms with van der Waals surface area (Å²) in [6.45, 7) is 6.66. The number of rotatable bonds is 1. The van der Waals surface area contributed by atoms with Gasteiger partial charge in [0, 0.05) is 22.3 Å². The van der Waals surface area contributed by atoms with E-state index in [4.69, 9.17) is 5.73 Å². The molecule has 0 bridgehead atoms. The van der Waals surface area contributed by atoms with E-state index in [1.54, 1.807) is 0 Å². The third-order valence-corrected chi connectivity index (χ3v) is 4.30. The fourth-order valence-corrected chi connectivity index (χ4v) is 3.11. The maximum absolute atomic E-state index is 11.4. The number of hydrogen-bond acceptors (Lipinski definition) is 2. The Kier molecular flexibility index (Phi) is 4.33. The normalized spacial score (nSPS) is 19.3. The number of nitrogens with two attached hydrogens (primary N) is 1. The standard InChI is InChI=1S/C16H21BrN2O2/c1-16(2,3)14-8-10(6-7-19(14)15(20)21)12-5-4-11(17)9-13(12)18/h4-5,8-9,14H,6-7,18H2,1-3H3,(H,20,21). The Morgan fingerprint density at radius 1 is 1.43 bits per heavy atom. The highest BCUT2D eigenvalue weighted by molar-refractivity contribution is 9.10. The fraction of sp³-hybridized carbons (Fsp3) is 0.438. The summed E-state index contributed by atoms with van der Waals surface area (Å²) in [5, 5.41) is 9.39. The van der Waals surface area contributed by atoms with Gasteiger partial charge >= 0.3 is 6.09 Å². The quantitative estimate of drug-likeness (QED) is 0.743. The lowest BCUT2D eigenvalue weighted by Gasteiger charge is -2.40. The first-order valence-corrected chi connectivity index (χ1v) is 7.75. The highest BCUT2D eigenvalue weighted by Gasteiger charge is 2.35. The van der Waals surface area contributed by atoms with Crippen LogP contribution in [0.5, 0.6) is 0 Å². The first kappa shape index (κ1) is 15.9. The van der Waals surface area contributed by atoms with Crippen molar-refractivity contribution in [2.24, 2.45) is 5.41 Å². The van der Waals surface area contributed by atoms with Crippen LogP contribution in [-0.2, 0) is 0 Å². The average molecular weight is 353 g/mol. The average Bonchev–Trinajstić information content (AvgIpc) is 2.37. The minimum Gasteiger partial charge on any atom is -0.465 e. The smallest absolute Gasteiger partial charge is 0.407 e. The van der Waals surface area contributed by atoms with Gasteiger partial charge in [-0.25, -0.2) is 4.79 Å². The Hall–Kier alpha value is -1.49. The second-order valence-corrected chi connectivity index (χ2v) is 7.38. The van der Waals surface area contributed by atoms with E-state index in [1.165, 1.54) is 4.90 Å². The van der Waals surface area contributed by atoms with E-state index in [1.807, 2.05) is 18.2 Å². The molecule has 1 aliphatic heterocycles. The molecule has 0 saturated carbocycles.